The molecule has 6 nitrogen and oxygen atoms in total. The van der Waals surface area contributed by atoms with Crippen LogP contribution < -0.4 is 4.74 Å². The second kappa shape index (κ2) is 10.1. The molecule has 33 heavy (non-hydrogen) atoms. The fourth-order valence-corrected chi connectivity index (χ4v) is 3.93. The summed E-state index contributed by atoms with van der Waals surface area (Å²) < 4.78 is 5.86. The summed E-state index contributed by atoms with van der Waals surface area (Å²) in [5.41, 5.74) is 2.10. The zero-order chi connectivity index (χ0) is 23.2. The average molecular weight is 443 g/mol. The molecule has 0 radical (unpaired) electrons. The third-order valence-electron chi connectivity index (χ3n) is 5.63. The van der Waals surface area contributed by atoms with Crippen LogP contribution in [0.1, 0.15) is 42.5 Å². The van der Waals surface area contributed by atoms with Crippen LogP contribution in [0.25, 0.3) is 5.76 Å². The number of ketones is 1. The molecule has 4 rings (SSSR count). The van der Waals surface area contributed by atoms with Crippen LogP contribution in [0.5, 0.6) is 5.75 Å². The molecule has 1 saturated heterocycles. The van der Waals surface area contributed by atoms with E-state index in [0.29, 0.717) is 23.5 Å². The van der Waals surface area contributed by atoms with Crippen LogP contribution in [0.3, 0.4) is 0 Å². The Kier molecular flexibility index (Phi) is 6.83. The Morgan fingerprint density at radius 1 is 1.03 bits per heavy atom. The van der Waals surface area contributed by atoms with Crippen molar-refractivity contribution in [3.05, 3.63) is 101 Å². The molecule has 1 amide bonds. The number of unbranched alkanes of at least 4 members (excludes halogenated alkanes) is 1. The Balaban J connectivity index is 1.80. The van der Waals surface area contributed by atoms with Crippen molar-refractivity contribution in [3.63, 3.8) is 0 Å². The highest BCUT2D eigenvalue weighted by molar-refractivity contribution is 6.46. The van der Waals surface area contributed by atoms with Gasteiger partial charge in [0.2, 0.25) is 0 Å². The fraction of sp³-hybridized carbons (Fsp3) is 0.222. The molecule has 1 aromatic heterocycles. The Bertz CT molecular complexity index is 1160. The quantitative estimate of drug-likeness (QED) is 0.233. The van der Waals surface area contributed by atoms with Gasteiger partial charge >= 0.3 is 0 Å². The summed E-state index contributed by atoms with van der Waals surface area (Å²) in [5, 5.41) is 11.1. The molecule has 0 saturated carbocycles. The third kappa shape index (κ3) is 4.80. The number of carbonyl (C=O) groups is 2. The third-order valence-corrected chi connectivity index (χ3v) is 5.63. The number of ether oxygens (including phenoxy) is 1. The first kappa shape index (κ1) is 22.3. The largest absolute Gasteiger partial charge is 0.507 e. The molecule has 3 aromatic rings. The number of carbonyl (C=O) groups excluding carboxylic acids is 2. The number of Topliss-reactive ketones (excluding diaryl/α,β-unsaturated/α-hetero) is 1. The topological polar surface area (TPSA) is 79.7 Å². The number of aliphatic hydroxyl groups is 1. The van der Waals surface area contributed by atoms with Crippen LogP contribution in [-0.2, 0) is 16.1 Å². The standard InChI is InChI=1S/C27H26N2O4/c1-2-3-16-33-22-11-7-10-21(17-22)24-23(25(30)20-8-5-4-6-9-20)26(31)27(32)29(24)18-19-12-14-28-15-13-19/h4-15,17,24,30H,2-3,16,18H2,1H3. The van der Waals surface area contributed by atoms with Crippen molar-refractivity contribution in [2.75, 3.05) is 6.61 Å². The van der Waals surface area contributed by atoms with Crippen LogP contribution in [-0.4, -0.2) is 33.3 Å². The van der Waals surface area contributed by atoms with Crippen molar-refractivity contribution in [2.24, 2.45) is 0 Å². The molecular formula is C27H26N2O4. The minimum Gasteiger partial charge on any atom is -0.507 e. The van der Waals surface area contributed by atoms with E-state index < -0.39 is 17.7 Å². The SMILES string of the molecule is CCCCOc1cccc(C2C(=C(O)c3ccccc3)C(=O)C(=O)N2Cc2ccncc2)c1. The lowest BCUT2D eigenvalue weighted by atomic mass is 9.95. The summed E-state index contributed by atoms with van der Waals surface area (Å²) in [5.74, 6) is -0.872. The van der Waals surface area contributed by atoms with E-state index >= 15 is 0 Å². The summed E-state index contributed by atoms with van der Waals surface area (Å²) in [7, 11) is 0. The number of rotatable bonds is 8. The second-order valence-corrected chi connectivity index (χ2v) is 7.92. The highest BCUT2D eigenvalue weighted by Gasteiger charge is 2.46. The zero-order valence-corrected chi connectivity index (χ0v) is 18.5. The zero-order valence-electron chi connectivity index (χ0n) is 18.5. The van der Waals surface area contributed by atoms with Crippen LogP contribution in [0.15, 0.2) is 84.7 Å². The Morgan fingerprint density at radius 3 is 2.52 bits per heavy atom. The lowest BCUT2D eigenvalue weighted by Gasteiger charge is -2.25. The van der Waals surface area contributed by atoms with Crippen LogP contribution in [0, 0.1) is 0 Å². The van der Waals surface area contributed by atoms with Gasteiger partial charge in [0.15, 0.2) is 0 Å². The molecule has 2 aromatic carbocycles. The van der Waals surface area contributed by atoms with E-state index in [0.717, 1.165) is 18.4 Å². The van der Waals surface area contributed by atoms with Gasteiger partial charge in [0.05, 0.1) is 18.2 Å². The fourth-order valence-electron chi connectivity index (χ4n) is 3.93. The van der Waals surface area contributed by atoms with E-state index in [4.69, 9.17) is 4.74 Å². The molecule has 0 bridgehead atoms. The molecule has 0 spiro atoms. The first-order chi connectivity index (χ1) is 16.1. The van der Waals surface area contributed by atoms with Gasteiger partial charge in [-0.3, -0.25) is 14.6 Å². The number of aliphatic hydroxyl groups excluding tert-OH is 1. The Morgan fingerprint density at radius 2 is 1.79 bits per heavy atom. The first-order valence-corrected chi connectivity index (χ1v) is 11.1. The van der Waals surface area contributed by atoms with Crippen molar-refractivity contribution in [2.45, 2.75) is 32.4 Å². The summed E-state index contributed by atoms with van der Waals surface area (Å²) in [6.45, 7) is 2.89. The monoisotopic (exact) mass is 442 g/mol. The molecule has 1 atom stereocenters. The number of benzene rings is 2. The van der Waals surface area contributed by atoms with E-state index in [9.17, 15) is 14.7 Å². The maximum Gasteiger partial charge on any atom is 0.295 e. The van der Waals surface area contributed by atoms with Gasteiger partial charge < -0.3 is 14.7 Å². The molecule has 1 aliphatic rings. The number of nitrogens with zero attached hydrogens (tertiary/aromatic N) is 2. The number of pyridine rings is 1. The minimum atomic E-state index is -0.743. The first-order valence-electron chi connectivity index (χ1n) is 11.1. The van der Waals surface area contributed by atoms with Crippen LogP contribution in [0.2, 0.25) is 0 Å². The van der Waals surface area contributed by atoms with Gasteiger partial charge in [-0.25, -0.2) is 0 Å². The van der Waals surface area contributed by atoms with Gasteiger partial charge in [-0.1, -0.05) is 55.8 Å². The molecule has 6 heteroatoms. The number of aromatic nitrogens is 1. The highest BCUT2D eigenvalue weighted by atomic mass is 16.5. The normalized spacial score (nSPS) is 17.4. The van der Waals surface area contributed by atoms with Crippen molar-refractivity contribution in [1.29, 1.82) is 0 Å². The molecule has 1 N–H and O–H groups in total. The van der Waals surface area contributed by atoms with Crippen LogP contribution in [0.4, 0.5) is 0 Å². The Hall–Kier alpha value is -3.93. The predicted molar refractivity (Wildman–Crippen MR) is 125 cm³/mol. The number of hydrogen-bond donors (Lipinski definition) is 1. The van der Waals surface area contributed by atoms with E-state index in [-0.39, 0.29) is 17.9 Å². The summed E-state index contributed by atoms with van der Waals surface area (Å²) >= 11 is 0. The van der Waals surface area contributed by atoms with E-state index in [2.05, 4.69) is 11.9 Å². The summed E-state index contributed by atoms with van der Waals surface area (Å²) in [4.78, 5) is 31.8. The number of amides is 1. The number of likely N-dealkylation sites (tertiary alicyclic amines) is 1. The smallest absolute Gasteiger partial charge is 0.295 e. The van der Waals surface area contributed by atoms with Gasteiger partial charge in [-0.15, -0.1) is 0 Å². The maximum absolute atomic E-state index is 13.1. The van der Waals surface area contributed by atoms with Gasteiger partial charge in [0.25, 0.3) is 11.7 Å². The van der Waals surface area contributed by atoms with Crippen molar-refractivity contribution < 1.29 is 19.4 Å². The molecular weight excluding hydrogens is 416 g/mol. The molecule has 168 valence electrons. The predicted octanol–water partition coefficient (Wildman–Crippen LogP) is 4.88. The molecule has 1 aliphatic heterocycles. The van der Waals surface area contributed by atoms with Gasteiger partial charge in [0.1, 0.15) is 11.5 Å². The Labute approximate surface area is 193 Å². The van der Waals surface area contributed by atoms with Crippen molar-refractivity contribution in [1.82, 2.24) is 9.88 Å². The molecule has 1 unspecified atom stereocenters. The van der Waals surface area contributed by atoms with E-state index in [1.807, 2.05) is 30.3 Å². The minimum absolute atomic E-state index is 0.0750. The van der Waals surface area contributed by atoms with E-state index in [1.54, 1.807) is 48.8 Å². The average Bonchev–Trinajstić information content (AvgIpc) is 3.10. The second-order valence-electron chi connectivity index (χ2n) is 7.92. The lowest BCUT2D eigenvalue weighted by molar-refractivity contribution is -0.140. The van der Waals surface area contributed by atoms with E-state index in [1.165, 1.54) is 4.90 Å². The highest BCUT2D eigenvalue weighted by Crippen LogP contribution is 2.41. The summed E-state index contributed by atoms with van der Waals surface area (Å²) in [6, 6.07) is 19.1. The van der Waals surface area contributed by atoms with Crippen molar-refractivity contribution >= 4 is 17.4 Å². The lowest BCUT2D eigenvalue weighted by Crippen LogP contribution is -2.29. The van der Waals surface area contributed by atoms with Gasteiger partial charge in [0, 0.05) is 24.5 Å². The number of hydrogen-bond acceptors (Lipinski definition) is 5. The summed E-state index contributed by atoms with van der Waals surface area (Å²) in [6.07, 6.45) is 5.24. The van der Waals surface area contributed by atoms with Crippen LogP contribution >= 0.6 is 0 Å². The van der Waals surface area contributed by atoms with Gasteiger partial charge in [-0.2, -0.15) is 0 Å². The maximum atomic E-state index is 13.1. The van der Waals surface area contributed by atoms with Crippen molar-refractivity contribution in [3.8, 4) is 5.75 Å². The molecule has 0 aliphatic carbocycles. The molecule has 2 heterocycles. The van der Waals surface area contributed by atoms with Gasteiger partial charge in [-0.05, 0) is 41.8 Å². The molecule has 1 fully saturated rings.